The molecule has 0 atom stereocenters. The number of carboxylic acid groups (broad SMARTS) is 1. The van der Waals surface area contributed by atoms with Gasteiger partial charge in [0.2, 0.25) is 5.76 Å². The molecule has 0 saturated carbocycles. The lowest BCUT2D eigenvalue weighted by Gasteiger charge is -1.97. The molecule has 5 nitrogen and oxygen atoms in total. The van der Waals surface area contributed by atoms with E-state index in [1.807, 2.05) is 0 Å². The highest BCUT2D eigenvalue weighted by Gasteiger charge is 2.10. The van der Waals surface area contributed by atoms with Gasteiger partial charge in [0.25, 0.3) is 0 Å². The molecule has 0 aromatic carbocycles. The largest absolute Gasteiger partial charge is 0.475 e. The van der Waals surface area contributed by atoms with Gasteiger partial charge in [-0.05, 0) is 6.58 Å². The van der Waals surface area contributed by atoms with Gasteiger partial charge in [-0.3, -0.25) is 4.79 Å². The maximum Gasteiger partial charge on any atom is 0.371 e. The Morgan fingerprint density at radius 1 is 1.64 bits per heavy atom. The van der Waals surface area contributed by atoms with Crippen molar-refractivity contribution >= 4 is 11.9 Å². The molecule has 0 amide bonds. The SMILES string of the molecule is C=C(OC(=O)CC#N)C(=O)O. The fourth-order valence-electron chi connectivity index (χ4n) is 0.282. The van der Waals surface area contributed by atoms with Crippen LogP contribution in [-0.2, 0) is 14.3 Å². The third-order valence-electron chi connectivity index (χ3n) is 0.699. The lowest BCUT2D eigenvalue weighted by Crippen LogP contribution is -2.09. The Labute approximate surface area is 62.5 Å². The van der Waals surface area contributed by atoms with Gasteiger partial charge in [0, 0.05) is 0 Å². The van der Waals surface area contributed by atoms with E-state index in [1.54, 1.807) is 0 Å². The van der Waals surface area contributed by atoms with Gasteiger partial charge < -0.3 is 9.84 Å². The predicted molar refractivity (Wildman–Crippen MR) is 33.1 cm³/mol. The molecule has 0 fully saturated rings. The molecule has 5 heteroatoms. The van der Waals surface area contributed by atoms with Gasteiger partial charge in [-0.2, -0.15) is 5.26 Å². The summed E-state index contributed by atoms with van der Waals surface area (Å²) in [4.78, 5) is 20.4. The van der Waals surface area contributed by atoms with E-state index in [9.17, 15) is 9.59 Å². The standard InChI is InChI=1S/C6H5NO4/c1-4(6(9)10)11-5(8)2-3-7/h1-2H2,(H,9,10). The van der Waals surface area contributed by atoms with Crippen molar-refractivity contribution in [2.75, 3.05) is 0 Å². The molecule has 0 spiro atoms. The van der Waals surface area contributed by atoms with Crippen LogP contribution in [0.4, 0.5) is 0 Å². The monoisotopic (exact) mass is 155 g/mol. The zero-order valence-electron chi connectivity index (χ0n) is 5.53. The molecule has 0 bridgehead atoms. The number of nitriles is 1. The topological polar surface area (TPSA) is 87.4 Å². The van der Waals surface area contributed by atoms with Crippen LogP contribution in [0.5, 0.6) is 0 Å². The second-order valence-corrected chi connectivity index (χ2v) is 1.54. The zero-order valence-corrected chi connectivity index (χ0v) is 5.53. The third-order valence-corrected chi connectivity index (χ3v) is 0.699. The van der Waals surface area contributed by atoms with Crippen LogP contribution >= 0.6 is 0 Å². The molecule has 58 valence electrons. The van der Waals surface area contributed by atoms with Crippen LogP contribution in [0.1, 0.15) is 6.42 Å². The van der Waals surface area contributed by atoms with Crippen LogP contribution in [0.2, 0.25) is 0 Å². The normalized spacial score (nSPS) is 7.91. The van der Waals surface area contributed by atoms with Crippen molar-refractivity contribution in [2.45, 2.75) is 6.42 Å². The highest BCUT2D eigenvalue weighted by Crippen LogP contribution is 1.95. The maximum atomic E-state index is 10.4. The molecule has 1 N–H and O–H groups in total. The molecule has 0 radical (unpaired) electrons. The smallest absolute Gasteiger partial charge is 0.371 e. The van der Waals surface area contributed by atoms with Crippen LogP contribution < -0.4 is 0 Å². The van der Waals surface area contributed by atoms with E-state index in [-0.39, 0.29) is 0 Å². The van der Waals surface area contributed by atoms with Crippen molar-refractivity contribution in [3.05, 3.63) is 12.3 Å². The first kappa shape index (κ1) is 9.17. The van der Waals surface area contributed by atoms with Crippen LogP contribution in [-0.4, -0.2) is 17.0 Å². The maximum absolute atomic E-state index is 10.4. The van der Waals surface area contributed by atoms with E-state index in [0.29, 0.717) is 0 Å². The number of hydrogen-bond donors (Lipinski definition) is 1. The van der Waals surface area contributed by atoms with Gasteiger partial charge in [0.15, 0.2) is 0 Å². The summed E-state index contributed by atoms with van der Waals surface area (Å²) in [5.41, 5.74) is 0. The molecule has 0 heterocycles. The van der Waals surface area contributed by atoms with E-state index in [4.69, 9.17) is 10.4 Å². The first-order valence-corrected chi connectivity index (χ1v) is 2.57. The molecule has 0 aromatic heterocycles. The molecule has 0 aliphatic rings. The van der Waals surface area contributed by atoms with Crippen LogP contribution in [0, 0.1) is 11.3 Å². The van der Waals surface area contributed by atoms with Gasteiger partial charge in [-0.15, -0.1) is 0 Å². The Morgan fingerprint density at radius 2 is 2.18 bits per heavy atom. The molecular formula is C6H5NO4. The van der Waals surface area contributed by atoms with E-state index in [2.05, 4.69) is 11.3 Å². The van der Waals surface area contributed by atoms with Gasteiger partial charge in [-0.1, -0.05) is 0 Å². The van der Waals surface area contributed by atoms with Crippen LogP contribution in [0.3, 0.4) is 0 Å². The van der Waals surface area contributed by atoms with E-state index in [0.717, 1.165) is 0 Å². The summed E-state index contributed by atoms with van der Waals surface area (Å²) in [6, 6.07) is 1.50. The van der Waals surface area contributed by atoms with Crippen molar-refractivity contribution in [3.63, 3.8) is 0 Å². The quantitative estimate of drug-likeness (QED) is 0.353. The number of carboxylic acids is 1. The number of rotatable bonds is 3. The zero-order chi connectivity index (χ0) is 8.85. The van der Waals surface area contributed by atoms with Gasteiger partial charge in [-0.25, -0.2) is 4.79 Å². The first-order chi connectivity index (χ1) is 5.07. The average Bonchev–Trinajstić information content (AvgIpc) is 1.87. The summed E-state index contributed by atoms with van der Waals surface area (Å²) >= 11 is 0. The Bertz CT molecular complexity index is 237. The average molecular weight is 155 g/mol. The minimum absolute atomic E-state index is 0.480. The Morgan fingerprint density at radius 3 is 2.55 bits per heavy atom. The van der Waals surface area contributed by atoms with E-state index >= 15 is 0 Å². The molecule has 0 rings (SSSR count). The fraction of sp³-hybridized carbons (Fsp3) is 0.167. The molecule has 0 aromatic rings. The number of ether oxygens (including phenoxy) is 1. The fourth-order valence-corrected chi connectivity index (χ4v) is 0.282. The summed E-state index contributed by atoms with van der Waals surface area (Å²) in [6.07, 6.45) is -0.480. The van der Waals surface area contributed by atoms with E-state index in [1.165, 1.54) is 6.07 Å². The lowest BCUT2D eigenvalue weighted by molar-refractivity contribution is -0.147. The number of esters is 1. The van der Waals surface area contributed by atoms with Crippen LogP contribution in [0.25, 0.3) is 0 Å². The lowest BCUT2D eigenvalue weighted by atomic mass is 10.5. The molecule has 0 unspecified atom stereocenters. The van der Waals surface area contributed by atoms with Gasteiger partial charge in [0.1, 0.15) is 6.42 Å². The van der Waals surface area contributed by atoms with Crippen LogP contribution in [0.15, 0.2) is 12.3 Å². The van der Waals surface area contributed by atoms with E-state index < -0.39 is 24.1 Å². The van der Waals surface area contributed by atoms with Crippen molar-refractivity contribution in [1.82, 2.24) is 0 Å². The number of hydrogen-bond acceptors (Lipinski definition) is 4. The Hall–Kier alpha value is -1.83. The number of nitrogens with zero attached hydrogens (tertiary/aromatic N) is 1. The molecule has 0 saturated heterocycles. The minimum atomic E-state index is -1.42. The number of carbonyl (C=O) groups excluding carboxylic acids is 1. The minimum Gasteiger partial charge on any atom is -0.475 e. The summed E-state index contributed by atoms with van der Waals surface area (Å²) in [5.74, 6) is -3.01. The molecular weight excluding hydrogens is 150 g/mol. The Kier molecular flexibility index (Phi) is 3.39. The van der Waals surface area contributed by atoms with Crippen molar-refractivity contribution in [3.8, 4) is 6.07 Å². The summed E-state index contributed by atoms with van der Waals surface area (Å²) < 4.78 is 4.10. The predicted octanol–water partition coefficient (Wildman–Crippen LogP) is 0.0416. The summed E-state index contributed by atoms with van der Waals surface area (Å²) in [7, 11) is 0. The third kappa shape index (κ3) is 3.70. The first-order valence-electron chi connectivity index (χ1n) is 2.57. The summed E-state index contributed by atoms with van der Waals surface area (Å²) in [5, 5.41) is 16.1. The second kappa shape index (κ2) is 4.06. The molecule has 11 heavy (non-hydrogen) atoms. The van der Waals surface area contributed by atoms with Crippen molar-refractivity contribution in [1.29, 1.82) is 5.26 Å². The number of carbonyl (C=O) groups is 2. The summed E-state index contributed by atoms with van der Waals surface area (Å²) in [6.45, 7) is 2.92. The van der Waals surface area contributed by atoms with Crippen molar-refractivity contribution in [2.24, 2.45) is 0 Å². The second-order valence-electron chi connectivity index (χ2n) is 1.54. The molecule has 0 aliphatic carbocycles. The highest BCUT2D eigenvalue weighted by molar-refractivity contribution is 5.87. The van der Waals surface area contributed by atoms with Crippen molar-refractivity contribution < 1.29 is 19.4 Å². The molecule has 0 aliphatic heterocycles. The highest BCUT2D eigenvalue weighted by atomic mass is 16.6. The Balaban J connectivity index is 3.88. The van der Waals surface area contributed by atoms with Gasteiger partial charge in [0.05, 0.1) is 6.07 Å². The number of aliphatic carboxylic acids is 1. The van der Waals surface area contributed by atoms with Gasteiger partial charge >= 0.3 is 11.9 Å².